The molecule has 2 aromatic carbocycles. The molecule has 1 saturated heterocycles. The van der Waals surface area contributed by atoms with Crippen LogP contribution in [-0.4, -0.2) is 35.6 Å². The van der Waals surface area contributed by atoms with E-state index < -0.39 is 0 Å². The number of nitrogens with zero attached hydrogens (tertiary/aromatic N) is 2. The molecule has 0 radical (unpaired) electrons. The SMILES string of the molecule is Cc1ccccc1NC(=O)COc1c(I)cc(C=NN2C(=O)[C@@H]3[C@H](C2=O)[C@H]2C=C[C@H]3C2)cc1I. The third-order valence-electron chi connectivity index (χ3n) is 6.56. The predicted octanol–water partition coefficient (Wildman–Crippen LogP) is 4.36. The third-order valence-corrected chi connectivity index (χ3v) is 8.16. The Morgan fingerprint density at radius 3 is 2.35 bits per heavy atom. The van der Waals surface area contributed by atoms with E-state index in [-0.39, 0.29) is 48.0 Å². The molecule has 0 unspecified atom stereocenters. The summed E-state index contributed by atoms with van der Waals surface area (Å²) in [5.41, 5.74) is 2.47. The number of hydrazone groups is 1. The summed E-state index contributed by atoms with van der Waals surface area (Å²) < 4.78 is 7.39. The van der Waals surface area contributed by atoms with Crippen LogP contribution in [0.25, 0.3) is 0 Å². The van der Waals surface area contributed by atoms with Gasteiger partial charge in [-0.25, -0.2) is 0 Å². The predicted molar refractivity (Wildman–Crippen MR) is 144 cm³/mol. The Morgan fingerprint density at radius 1 is 1.12 bits per heavy atom. The summed E-state index contributed by atoms with van der Waals surface area (Å²) >= 11 is 4.28. The maximum absolute atomic E-state index is 12.8. The van der Waals surface area contributed by atoms with Gasteiger partial charge in [0.25, 0.3) is 17.7 Å². The lowest BCUT2D eigenvalue weighted by atomic mass is 9.85. The van der Waals surface area contributed by atoms with Crippen LogP contribution in [-0.2, 0) is 14.4 Å². The van der Waals surface area contributed by atoms with Crippen LogP contribution in [0.2, 0.25) is 0 Å². The molecule has 0 aromatic heterocycles. The first kappa shape index (κ1) is 23.5. The summed E-state index contributed by atoms with van der Waals surface area (Å²) in [6.07, 6.45) is 6.56. The first-order valence-corrected chi connectivity index (χ1v) is 13.1. The Morgan fingerprint density at radius 2 is 1.74 bits per heavy atom. The first-order valence-electron chi connectivity index (χ1n) is 10.9. The van der Waals surface area contributed by atoms with Crippen LogP contribution in [0.5, 0.6) is 5.75 Å². The van der Waals surface area contributed by atoms with Crippen molar-refractivity contribution in [3.05, 3.63) is 66.8 Å². The van der Waals surface area contributed by atoms with E-state index in [1.54, 1.807) is 0 Å². The second-order valence-corrected chi connectivity index (χ2v) is 11.0. The number of anilines is 1. The van der Waals surface area contributed by atoms with Gasteiger partial charge in [0.1, 0.15) is 5.75 Å². The number of aryl methyl sites for hydroxylation is 1. The Labute approximate surface area is 224 Å². The molecule has 1 saturated carbocycles. The van der Waals surface area contributed by atoms with E-state index in [4.69, 9.17) is 4.74 Å². The zero-order valence-corrected chi connectivity index (χ0v) is 22.5. The van der Waals surface area contributed by atoms with Gasteiger partial charge in [-0.2, -0.15) is 10.1 Å². The maximum Gasteiger partial charge on any atom is 0.262 e. The first-order chi connectivity index (χ1) is 16.3. The van der Waals surface area contributed by atoms with E-state index in [9.17, 15) is 14.4 Å². The molecule has 9 heteroatoms. The van der Waals surface area contributed by atoms with Crippen molar-refractivity contribution in [3.8, 4) is 5.75 Å². The lowest BCUT2D eigenvalue weighted by Crippen LogP contribution is -2.28. The fourth-order valence-electron chi connectivity index (χ4n) is 4.95. The number of hydrogen-bond acceptors (Lipinski definition) is 5. The number of para-hydroxylation sites is 1. The van der Waals surface area contributed by atoms with Gasteiger partial charge in [-0.3, -0.25) is 14.4 Å². The fourth-order valence-corrected chi connectivity index (χ4v) is 7.08. The van der Waals surface area contributed by atoms with E-state index in [2.05, 4.69) is 67.8 Å². The number of halogens is 2. The van der Waals surface area contributed by atoms with Crippen molar-refractivity contribution in [1.82, 2.24) is 5.01 Å². The number of imide groups is 1. The van der Waals surface area contributed by atoms with Crippen LogP contribution in [0.15, 0.2) is 53.7 Å². The molecule has 1 heterocycles. The van der Waals surface area contributed by atoms with Crippen LogP contribution in [0.1, 0.15) is 17.5 Å². The van der Waals surface area contributed by atoms with Gasteiger partial charge in [-0.1, -0.05) is 30.4 Å². The van der Waals surface area contributed by atoms with Crippen LogP contribution in [0.3, 0.4) is 0 Å². The van der Waals surface area contributed by atoms with Gasteiger partial charge in [-0.05, 0) is 99.7 Å². The highest BCUT2D eigenvalue weighted by molar-refractivity contribution is 14.1. The number of fused-ring (bicyclic) bond motifs is 5. The zero-order valence-electron chi connectivity index (χ0n) is 18.2. The summed E-state index contributed by atoms with van der Waals surface area (Å²) in [5.74, 6) is -0.251. The molecule has 1 aliphatic heterocycles. The molecule has 3 amide bonds. The standard InChI is InChI=1S/C25H21I2N3O4/c1-13-4-2-3-5-19(13)29-20(31)12-34-23-17(26)8-14(9-18(23)27)11-28-30-24(32)21-15-6-7-16(10-15)22(21)25(30)33/h2-9,11,15-16,21-22H,10,12H2,1H3,(H,29,31)/t15-,16-,21-,22+/m0/s1. The molecule has 3 aliphatic rings. The number of rotatable bonds is 6. The summed E-state index contributed by atoms with van der Waals surface area (Å²) in [5, 5.41) is 8.14. The third kappa shape index (κ3) is 4.28. The summed E-state index contributed by atoms with van der Waals surface area (Å²) in [7, 11) is 0. The normalized spacial score (nSPS) is 24.9. The Balaban J connectivity index is 1.24. The van der Waals surface area contributed by atoms with Gasteiger partial charge in [0.2, 0.25) is 0 Å². The Kier molecular flexibility index (Phi) is 6.49. The van der Waals surface area contributed by atoms with Crippen molar-refractivity contribution in [1.29, 1.82) is 0 Å². The highest BCUT2D eigenvalue weighted by atomic mass is 127. The number of nitrogens with one attached hydrogen (secondary N) is 1. The highest BCUT2D eigenvalue weighted by Crippen LogP contribution is 2.52. The van der Waals surface area contributed by atoms with Gasteiger partial charge in [0.15, 0.2) is 6.61 Å². The van der Waals surface area contributed by atoms with Crippen molar-refractivity contribution in [2.75, 3.05) is 11.9 Å². The molecule has 2 aliphatic carbocycles. The van der Waals surface area contributed by atoms with Gasteiger partial charge in [0.05, 0.1) is 25.2 Å². The summed E-state index contributed by atoms with van der Waals surface area (Å²) in [6, 6.07) is 11.3. The van der Waals surface area contributed by atoms with Crippen LogP contribution in [0.4, 0.5) is 5.69 Å². The van der Waals surface area contributed by atoms with Crippen molar-refractivity contribution < 1.29 is 19.1 Å². The van der Waals surface area contributed by atoms with Crippen molar-refractivity contribution in [2.24, 2.45) is 28.8 Å². The molecular weight excluding hydrogens is 660 g/mol. The number of hydrogen-bond donors (Lipinski definition) is 1. The van der Waals surface area contributed by atoms with Crippen molar-refractivity contribution >= 4 is 74.8 Å². The Bertz CT molecular complexity index is 1210. The summed E-state index contributed by atoms with van der Waals surface area (Å²) in [6.45, 7) is 1.81. The van der Waals surface area contributed by atoms with E-state index in [0.717, 1.165) is 35.4 Å². The number of ether oxygens (including phenoxy) is 1. The highest BCUT2D eigenvalue weighted by Gasteiger charge is 2.59. The molecule has 0 spiro atoms. The van der Waals surface area contributed by atoms with E-state index in [0.29, 0.717) is 5.75 Å². The quantitative estimate of drug-likeness (QED) is 0.213. The number of allylic oxidation sites excluding steroid dienone is 2. The molecule has 4 atom stereocenters. The molecule has 174 valence electrons. The molecule has 2 aromatic rings. The van der Waals surface area contributed by atoms with Crippen molar-refractivity contribution in [3.63, 3.8) is 0 Å². The van der Waals surface area contributed by atoms with Crippen LogP contribution < -0.4 is 10.1 Å². The summed E-state index contributed by atoms with van der Waals surface area (Å²) in [4.78, 5) is 37.9. The number of carbonyl (C=O) groups is 3. The van der Waals surface area contributed by atoms with Gasteiger partial charge < -0.3 is 10.1 Å². The van der Waals surface area contributed by atoms with Crippen molar-refractivity contribution in [2.45, 2.75) is 13.3 Å². The molecule has 5 rings (SSSR count). The average Bonchev–Trinajstić information content (AvgIpc) is 3.47. The van der Waals surface area contributed by atoms with E-state index >= 15 is 0 Å². The minimum absolute atomic E-state index is 0.121. The molecule has 2 bridgehead atoms. The molecule has 1 N–H and O–H groups in total. The van der Waals surface area contributed by atoms with Gasteiger partial charge in [-0.15, -0.1) is 0 Å². The monoisotopic (exact) mass is 681 g/mol. The lowest BCUT2D eigenvalue weighted by Gasteiger charge is -2.13. The van der Waals surface area contributed by atoms with Gasteiger partial charge >= 0.3 is 0 Å². The van der Waals surface area contributed by atoms with Crippen LogP contribution in [0, 0.1) is 37.7 Å². The zero-order chi connectivity index (χ0) is 24.0. The smallest absolute Gasteiger partial charge is 0.262 e. The fraction of sp³-hybridized carbons (Fsp3) is 0.280. The second kappa shape index (κ2) is 9.40. The number of benzene rings is 2. The van der Waals surface area contributed by atoms with Gasteiger partial charge in [0, 0.05) is 5.69 Å². The maximum atomic E-state index is 12.8. The average molecular weight is 681 g/mol. The largest absolute Gasteiger partial charge is 0.482 e. The Hall–Kier alpha value is -2.28. The molecule has 34 heavy (non-hydrogen) atoms. The minimum Gasteiger partial charge on any atom is -0.482 e. The minimum atomic E-state index is -0.262. The number of carbonyl (C=O) groups excluding carboxylic acids is 3. The molecular formula is C25H21I2N3O4. The topological polar surface area (TPSA) is 88.1 Å². The molecule has 7 nitrogen and oxygen atoms in total. The van der Waals surface area contributed by atoms with E-state index in [1.165, 1.54) is 6.21 Å². The number of amides is 3. The second-order valence-electron chi connectivity index (χ2n) is 8.70. The molecule has 2 fully saturated rings. The van der Waals surface area contributed by atoms with E-state index in [1.807, 2.05) is 43.3 Å². The van der Waals surface area contributed by atoms with Crippen LogP contribution >= 0.6 is 45.2 Å². The lowest BCUT2D eigenvalue weighted by molar-refractivity contribution is -0.140.